The molecule has 1 saturated heterocycles. The first-order chi connectivity index (χ1) is 9.37. The minimum atomic E-state index is -3.61. The maximum atomic E-state index is 12.7. The molecule has 2 rings (SSSR count). The number of hydrogen-bond acceptors (Lipinski definition) is 5. The van der Waals surface area contributed by atoms with Crippen molar-refractivity contribution in [3.63, 3.8) is 0 Å². The van der Waals surface area contributed by atoms with Crippen LogP contribution < -0.4 is 5.32 Å². The van der Waals surface area contributed by atoms with Gasteiger partial charge in [0.1, 0.15) is 0 Å². The molecule has 0 aliphatic carbocycles. The summed E-state index contributed by atoms with van der Waals surface area (Å²) in [6.45, 7) is 7.42. The second-order valence-electron chi connectivity index (χ2n) is 5.33. The van der Waals surface area contributed by atoms with Crippen molar-refractivity contribution in [2.75, 3.05) is 31.6 Å². The lowest BCUT2D eigenvalue weighted by Gasteiger charge is -2.37. The van der Waals surface area contributed by atoms with E-state index in [4.69, 9.17) is 4.74 Å². The smallest absolute Gasteiger partial charge is 0.262 e. The molecule has 2 heterocycles. The van der Waals surface area contributed by atoms with Crippen LogP contribution >= 0.6 is 0 Å². The van der Waals surface area contributed by atoms with Crippen LogP contribution in [0.3, 0.4) is 0 Å². The highest BCUT2D eigenvalue weighted by molar-refractivity contribution is 7.89. The van der Waals surface area contributed by atoms with Gasteiger partial charge in [-0.05, 0) is 32.9 Å². The van der Waals surface area contributed by atoms with Gasteiger partial charge in [-0.15, -0.1) is 0 Å². The van der Waals surface area contributed by atoms with Gasteiger partial charge in [0.25, 0.3) is 10.0 Å². The Morgan fingerprint density at radius 3 is 2.90 bits per heavy atom. The Morgan fingerprint density at radius 1 is 1.50 bits per heavy atom. The fourth-order valence-electron chi connectivity index (χ4n) is 2.22. The van der Waals surface area contributed by atoms with Crippen LogP contribution in [-0.2, 0) is 14.8 Å². The molecule has 1 aromatic rings. The molecule has 0 spiro atoms. The van der Waals surface area contributed by atoms with E-state index in [1.54, 1.807) is 12.1 Å². The second kappa shape index (κ2) is 5.67. The van der Waals surface area contributed by atoms with Crippen LogP contribution in [-0.4, -0.2) is 49.5 Å². The second-order valence-corrected chi connectivity index (χ2v) is 7.19. The molecule has 1 aromatic heterocycles. The number of nitrogens with one attached hydrogen (secondary N) is 1. The molecule has 0 amide bonds. The molecule has 7 heteroatoms. The number of anilines is 1. The average Bonchev–Trinajstić information content (AvgIpc) is 2.38. The van der Waals surface area contributed by atoms with E-state index in [1.165, 1.54) is 10.5 Å². The highest BCUT2D eigenvalue weighted by atomic mass is 32.2. The molecule has 6 nitrogen and oxygen atoms in total. The van der Waals surface area contributed by atoms with Crippen molar-refractivity contribution in [1.82, 2.24) is 9.29 Å². The van der Waals surface area contributed by atoms with Crippen molar-refractivity contribution in [2.45, 2.75) is 31.4 Å². The standard InChI is InChI=1S/C13H21N3O3S/c1-4-14-11-6-5-7-15-12(11)20(17,18)16-8-9-19-13(2,3)10-16/h5-7,14H,4,8-10H2,1-3H3. The lowest BCUT2D eigenvalue weighted by Crippen LogP contribution is -2.50. The number of pyridine rings is 1. The van der Waals surface area contributed by atoms with Gasteiger partial charge in [0, 0.05) is 25.8 Å². The monoisotopic (exact) mass is 299 g/mol. The number of morpholine rings is 1. The van der Waals surface area contributed by atoms with E-state index in [0.717, 1.165) is 0 Å². The lowest BCUT2D eigenvalue weighted by atomic mass is 10.1. The van der Waals surface area contributed by atoms with E-state index in [9.17, 15) is 8.42 Å². The first-order valence-corrected chi connectivity index (χ1v) is 8.14. The fraction of sp³-hybridized carbons (Fsp3) is 0.615. The molecule has 112 valence electrons. The van der Waals surface area contributed by atoms with Gasteiger partial charge in [0.2, 0.25) is 0 Å². The van der Waals surface area contributed by atoms with Crippen LogP contribution in [0.5, 0.6) is 0 Å². The minimum absolute atomic E-state index is 0.0829. The van der Waals surface area contributed by atoms with Crippen LogP contribution in [0.15, 0.2) is 23.4 Å². The summed E-state index contributed by atoms with van der Waals surface area (Å²) < 4.78 is 32.5. The van der Waals surface area contributed by atoms with E-state index in [-0.39, 0.29) is 5.03 Å². The third-order valence-corrected chi connectivity index (χ3v) is 4.92. The van der Waals surface area contributed by atoms with Crippen LogP contribution in [0, 0.1) is 0 Å². The number of aromatic nitrogens is 1. The zero-order valence-electron chi connectivity index (χ0n) is 12.1. The van der Waals surface area contributed by atoms with Crippen molar-refractivity contribution in [1.29, 1.82) is 0 Å². The predicted octanol–water partition coefficient (Wildman–Crippen LogP) is 1.31. The zero-order chi connectivity index (χ0) is 14.8. The minimum Gasteiger partial charge on any atom is -0.383 e. The molecule has 0 bridgehead atoms. The number of sulfonamides is 1. The van der Waals surface area contributed by atoms with E-state index >= 15 is 0 Å². The Hall–Kier alpha value is -1.18. The van der Waals surface area contributed by atoms with Crippen molar-refractivity contribution in [2.24, 2.45) is 0 Å². The van der Waals surface area contributed by atoms with Gasteiger partial charge in [-0.2, -0.15) is 4.31 Å². The summed E-state index contributed by atoms with van der Waals surface area (Å²) in [7, 11) is -3.61. The zero-order valence-corrected chi connectivity index (χ0v) is 12.9. The first-order valence-electron chi connectivity index (χ1n) is 6.70. The Bertz CT molecular complexity index is 572. The topological polar surface area (TPSA) is 71.5 Å². The van der Waals surface area contributed by atoms with Crippen LogP contribution in [0.25, 0.3) is 0 Å². The van der Waals surface area contributed by atoms with Crippen molar-refractivity contribution in [3.8, 4) is 0 Å². The molecular formula is C13H21N3O3S. The third-order valence-electron chi connectivity index (χ3n) is 3.11. The van der Waals surface area contributed by atoms with E-state index in [2.05, 4.69) is 10.3 Å². The predicted molar refractivity (Wildman–Crippen MR) is 77.2 cm³/mol. The molecule has 1 N–H and O–H groups in total. The first kappa shape index (κ1) is 15.2. The maximum absolute atomic E-state index is 12.7. The highest BCUT2D eigenvalue weighted by Crippen LogP contribution is 2.26. The highest BCUT2D eigenvalue weighted by Gasteiger charge is 2.36. The van der Waals surface area contributed by atoms with Gasteiger partial charge in [-0.25, -0.2) is 13.4 Å². The third kappa shape index (κ3) is 3.11. The van der Waals surface area contributed by atoms with Crippen molar-refractivity contribution < 1.29 is 13.2 Å². The summed E-state index contributed by atoms with van der Waals surface area (Å²) in [5.41, 5.74) is 0.0673. The van der Waals surface area contributed by atoms with Crippen molar-refractivity contribution >= 4 is 15.7 Å². The summed E-state index contributed by atoms with van der Waals surface area (Å²) in [6.07, 6.45) is 1.50. The molecule has 20 heavy (non-hydrogen) atoms. The summed E-state index contributed by atoms with van der Waals surface area (Å²) in [6, 6.07) is 3.45. The van der Waals surface area contributed by atoms with E-state index in [0.29, 0.717) is 31.9 Å². The van der Waals surface area contributed by atoms with Gasteiger partial charge in [-0.3, -0.25) is 0 Å². The molecule has 1 aliphatic rings. The molecule has 1 aliphatic heterocycles. The number of ether oxygens (including phenoxy) is 1. The summed E-state index contributed by atoms with van der Waals surface area (Å²) in [5.74, 6) is 0. The maximum Gasteiger partial charge on any atom is 0.262 e. The Kier molecular flexibility index (Phi) is 4.31. The molecular weight excluding hydrogens is 278 g/mol. The van der Waals surface area contributed by atoms with Crippen molar-refractivity contribution in [3.05, 3.63) is 18.3 Å². The Labute approximate surface area is 120 Å². The van der Waals surface area contributed by atoms with Gasteiger partial charge in [0.15, 0.2) is 5.03 Å². The summed E-state index contributed by atoms with van der Waals surface area (Å²) >= 11 is 0. The molecule has 0 radical (unpaired) electrons. The SMILES string of the molecule is CCNc1cccnc1S(=O)(=O)N1CCOC(C)(C)C1. The van der Waals surface area contributed by atoms with Crippen LogP contribution in [0.2, 0.25) is 0 Å². The lowest BCUT2D eigenvalue weighted by molar-refractivity contribution is -0.0640. The fourth-order valence-corrected chi connectivity index (χ4v) is 3.87. The molecule has 0 aromatic carbocycles. The van der Waals surface area contributed by atoms with Gasteiger partial charge in [0.05, 0.1) is 17.9 Å². The molecule has 0 atom stereocenters. The molecule has 0 saturated carbocycles. The number of nitrogens with zero attached hydrogens (tertiary/aromatic N) is 2. The number of rotatable bonds is 4. The Morgan fingerprint density at radius 2 is 2.25 bits per heavy atom. The largest absolute Gasteiger partial charge is 0.383 e. The average molecular weight is 299 g/mol. The van der Waals surface area contributed by atoms with E-state index < -0.39 is 15.6 Å². The van der Waals surface area contributed by atoms with Gasteiger partial charge < -0.3 is 10.1 Å². The summed E-state index contributed by atoms with van der Waals surface area (Å²) in [5, 5.41) is 3.13. The summed E-state index contributed by atoms with van der Waals surface area (Å²) in [4.78, 5) is 4.06. The van der Waals surface area contributed by atoms with Crippen LogP contribution in [0.1, 0.15) is 20.8 Å². The van der Waals surface area contributed by atoms with Gasteiger partial charge in [-0.1, -0.05) is 0 Å². The molecule has 0 unspecified atom stereocenters. The quantitative estimate of drug-likeness (QED) is 0.907. The molecule has 1 fully saturated rings. The normalized spacial score (nSPS) is 19.8. The number of hydrogen-bond donors (Lipinski definition) is 1. The Balaban J connectivity index is 2.35. The van der Waals surface area contributed by atoms with E-state index in [1.807, 2.05) is 20.8 Å². The van der Waals surface area contributed by atoms with Gasteiger partial charge >= 0.3 is 0 Å². The van der Waals surface area contributed by atoms with Crippen LogP contribution in [0.4, 0.5) is 5.69 Å².